The maximum atomic E-state index is 12.3. The fraction of sp³-hybridized carbons (Fsp3) is 0.533. The average molecular weight is 330 g/mol. The summed E-state index contributed by atoms with van der Waals surface area (Å²) < 4.78 is 22.9. The van der Waals surface area contributed by atoms with Crippen molar-refractivity contribution in [3.05, 3.63) is 34.9 Å². The monoisotopic (exact) mass is 329 g/mol. The van der Waals surface area contributed by atoms with Gasteiger partial charge in [-0.25, -0.2) is 8.42 Å². The number of rotatable bonds is 4. The van der Waals surface area contributed by atoms with Crippen LogP contribution in [0.25, 0.3) is 0 Å². The molecule has 1 heterocycles. The Morgan fingerprint density at radius 3 is 2.52 bits per heavy atom. The summed E-state index contributed by atoms with van der Waals surface area (Å²) in [5.41, 5.74) is 1.01. The number of hydrogen-bond donors (Lipinski definition) is 0. The summed E-state index contributed by atoms with van der Waals surface area (Å²) in [5.74, 6) is 0.297. The molecular formula is C15H20ClNO3S. The van der Waals surface area contributed by atoms with Crippen LogP contribution in [0.1, 0.15) is 31.4 Å². The summed E-state index contributed by atoms with van der Waals surface area (Å²) in [6.45, 7) is 1.95. The van der Waals surface area contributed by atoms with Gasteiger partial charge in [0, 0.05) is 18.5 Å². The van der Waals surface area contributed by atoms with E-state index in [-0.39, 0.29) is 29.4 Å². The van der Waals surface area contributed by atoms with Crippen molar-refractivity contribution in [2.75, 3.05) is 18.6 Å². The lowest BCUT2D eigenvalue weighted by atomic mass is 10.0. The molecule has 4 nitrogen and oxygen atoms in total. The van der Waals surface area contributed by atoms with Gasteiger partial charge in [0.05, 0.1) is 17.5 Å². The van der Waals surface area contributed by atoms with Crippen LogP contribution in [0.5, 0.6) is 0 Å². The number of halogens is 1. The highest BCUT2D eigenvalue weighted by molar-refractivity contribution is 7.91. The smallest absolute Gasteiger partial charge is 0.223 e. The van der Waals surface area contributed by atoms with E-state index in [1.165, 1.54) is 0 Å². The Morgan fingerprint density at radius 2 is 2.00 bits per heavy atom. The van der Waals surface area contributed by atoms with E-state index in [4.69, 9.17) is 11.6 Å². The fourth-order valence-electron chi connectivity index (χ4n) is 2.60. The van der Waals surface area contributed by atoms with E-state index < -0.39 is 9.84 Å². The Kier molecular flexibility index (Phi) is 4.94. The molecule has 2 atom stereocenters. The molecule has 1 saturated heterocycles. The molecule has 0 spiro atoms. The van der Waals surface area contributed by atoms with Gasteiger partial charge < -0.3 is 4.90 Å². The standard InChI is InChI=1S/C15H20ClNO3S/c1-11(13-3-5-14(16)6-4-13)17(2)15(18)9-12-7-8-21(19,20)10-12/h3-6,11-12H,7-10H2,1-2H3. The van der Waals surface area contributed by atoms with Crippen LogP contribution in [0.15, 0.2) is 24.3 Å². The van der Waals surface area contributed by atoms with Crippen molar-refractivity contribution in [1.29, 1.82) is 0 Å². The molecule has 2 unspecified atom stereocenters. The Balaban J connectivity index is 1.97. The second-order valence-corrected chi connectivity index (χ2v) is 8.37. The van der Waals surface area contributed by atoms with E-state index in [0.717, 1.165) is 5.56 Å². The highest BCUT2D eigenvalue weighted by Crippen LogP contribution is 2.25. The lowest BCUT2D eigenvalue weighted by Gasteiger charge is -2.26. The van der Waals surface area contributed by atoms with E-state index in [1.54, 1.807) is 24.1 Å². The zero-order valence-corrected chi connectivity index (χ0v) is 13.8. The van der Waals surface area contributed by atoms with Crippen molar-refractivity contribution in [3.63, 3.8) is 0 Å². The Bertz CT molecular complexity index is 612. The molecule has 0 aromatic heterocycles. The van der Waals surface area contributed by atoms with Gasteiger partial charge in [0.25, 0.3) is 0 Å². The van der Waals surface area contributed by atoms with E-state index in [2.05, 4.69) is 0 Å². The van der Waals surface area contributed by atoms with Gasteiger partial charge in [-0.05, 0) is 37.0 Å². The van der Waals surface area contributed by atoms with Crippen LogP contribution in [0.3, 0.4) is 0 Å². The first-order chi connectivity index (χ1) is 9.78. The summed E-state index contributed by atoms with van der Waals surface area (Å²) in [7, 11) is -1.17. The Labute approximate surface area is 131 Å². The number of benzene rings is 1. The molecule has 1 aliphatic rings. The van der Waals surface area contributed by atoms with Crippen molar-refractivity contribution in [3.8, 4) is 0 Å². The van der Waals surface area contributed by atoms with Crippen molar-refractivity contribution >= 4 is 27.3 Å². The minimum atomic E-state index is -2.93. The maximum Gasteiger partial charge on any atom is 0.223 e. The van der Waals surface area contributed by atoms with Crippen LogP contribution < -0.4 is 0 Å². The van der Waals surface area contributed by atoms with E-state index >= 15 is 0 Å². The SMILES string of the molecule is CC(c1ccc(Cl)cc1)N(C)C(=O)CC1CCS(=O)(=O)C1. The molecule has 0 radical (unpaired) electrons. The highest BCUT2D eigenvalue weighted by Gasteiger charge is 2.30. The number of amides is 1. The fourth-order valence-corrected chi connectivity index (χ4v) is 4.59. The first-order valence-corrected chi connectivity index (χ1v) is 9.20. The molecule has 1 aromatic rings. The molecule has 2 rings (SSSR count). The predicted molar refractivity (Wildman–Crippen MR) is 84.0 cm³/mol. The van der Waals surface area contributed by atoms with Gasteiger partial charge in [-0.1, -0.05) is 23.7 Å². The molecule has 0 saturated carbocycles. The minimum absolute atomic E-state index is 0.0143. The topological polar surface area (TPSA) is 54.5 Å². The minimum Gasteiger partial charge on any atom is -0.339 e. The van der Waals surface area contributed by atoms with Crippen LogP contribution in [0, 0.1) is 5.92 Å². The van der Waals surface area contributed by atoms with E-state index in [1.807, 2.05) is 19.1 Å². The highest BCUT2D eigenvalue weighted by atomic mass is 35.5. The molecule has 1 amide bonds. The lowest BCUT2D eigenvalue weighted by Crippen LogP contribution is -2.31. The maximum absolute atomic E-state index is 12.3. The first kappa shape index (κ1) is 16.3. The number of nitrogens with zero attached hydrogens (tertiary/aromatic N) is 1. The van der Waals surface area contributed by atoms with Gasteiger partial charge >= 0.3 is 0 Å². The average Bonchev–Trinajstić information content (AvgIpc) is 2.77. The van der Waals surface area contributed by atoms with Crippen LogP contribution in [-0.4, -0.2) is 37.8 Å². The zero-order chi connectivity index (χ0) is 15.6. The van der Waals surface area contributed by atoms with Gasteiger partial charge in [-0.15, -0.1) is 0 Å². The molecule has 116 valence electrons. The summed E-state index contributed by atoms with van der Waals surface area (Å²) in [4.78, 5) is 14.0. The molecule has 0 bridgehead atoms. The van der Waals surface area contributed by atoms with Crippen molar-refractivity contribution in [1.82, 2.24) is 4.90 Å². The third-order valence-electron chi connectivity index (χ3n) is 4.12. The number of sulfone groups is 1. The quantitative estimate of drug-likeness (QED) is 0.853. The van der Waals surface area contributed by atoms with Crippen molar-refractivity contribution in [2.24, 2.45) is 5.92 Å². The predicted octanol–water partition coefficient (Wildman–Crippen LogP) is 2.68. The summed E-state index contributed by atoms with van der Waals surface area (Å²) in [6.07, 6.45) is 0.894. The second kappa shape index (κ2) is 6.36. The van der Waals surface area contributed by atoms with Gasteiger partial charge in [-0.2, -0.15) is 0 Å². The van der Waals surface area contributed by atoms with Crippen LogP contribution in [0.4, 0.5) is 0 Å². The third kappa shape index (κ3) is 4.20. The lowest BCUT2D eigenvalue weighted by molar-refractivity contribution is -0.132. The number of carbonyl (C=O) groups is 1. The largest absolute Gasteiger partial charge is 0.339 e. The third-order valence-corrected chi connectivity index (χ3v) is 6.21. The van der Waals surface area contributed by atoms with Gasteiger partial charge in [-0.3, -0.25) is 4.79 Å². The number of hydrogen-bond acceptors (Lipinski definition) is 3. The summed E-state index contributed by atoms with van der Waals surface area (Å²) in [5, 5.41) is 0.663. The van der Waals surface area contributed by atoms with Gasteiger partial charge in [0.15, 0.2) is 9.84 Å². The summed E-state index contributed by atoms with van der Waals surface area (Å²) in [6, 6.07) is 7.34. The molecular weight excluding hydrogens is 310 g/mol. The molecule has 1 aromatic carbocycles. The normalized spacial score (nSPS) is 22.0. The molecule has 1 fully saturated rings. The van der Waals surface area contributed by atoms with E-state index in [0.29, 0.717) is 17.9 Å². The number of carbonyl (C=O) groups excluding carboxylic acids is 1. The van der Waals surface area contributed by atoms with Crippen molar-refractivity contribution in [2.45, 2.75) is 25.8 Å². The molecule has 0 N–H and O–H groups in total. The second-order valence-electron chi connectivity index (χ2n) is 5.71. The van der Waals surface area contributed by atoms with Crippen LogP contribution in [0.2, 0.25) is 5.02 Å². The van der Waals surface area contributed by atoms with Gasteiger partial charge in [0.1, 0.15) is 0 Å². The zero-order valence-electron chi connectivity index (χ0n) is 12.3. The molecule has 0 aliphatic carbocycles. The van der Waals surface area contributed by atoms with Crippen molar-refractivity contribution < 1.29 is 13.2 Å². The molecule has 21 heavy (non-hydrogen) atoms. The van der Waals surface area contributed by atoms with Gasteiger partial charge in [0.2, 0.25) is 5.91 Å². The summed E-state index contributed by atoms with van der Waals surface area (Å²) >= 11 is 5.86. The molecule has 6 heteroatoms. The van der Waals surface area contributed by atoms with Crippen LogP contribution in [-0.2, 0) is 14.6 Å². The Hall–Kier alpha value is -1.07. The Morgan fingerprint density at radius 1 is 1.38 bits per heavy atom. The molecule has 1 aliphatic heterocycles. The van der Waals surface area contributed by atoms with E-state index in [9.17, 15) is 13.2 Å². The van der Waals surface area contributed by atoms with Crippen LogP contribution >= 0.6 is 11.6 Å². The first-order valence-electron chi connectivity index (χ1n) is 7.00.